The number of halogens is 1. The lowest BCUT2D eigenvalue weighted by atomic mass is 10.2. The monoisotopic (exact) mass is 405 g/mol. The number of sulfonamides is 1. The van der Waals surface area contributed by atoms with E-state index in [2.05, 4.69) is 15.9 Å². The molecule has 0 N–H and O–H groups in total. The molecule has 1 heterocycles. The lowest BCUT2D eigenvalue weighted by Gasteiger charge is -2.19. The lowest BCUT2D eigenvalue weighted by Crippen LogP contribution is -2.26. The molecule has 0 fully saturated rings. The molecule has 5 nitrogen and oxygen atoms in total. The molecule has 0 atom stereocenters. The number of ether oxygens (including phenoxy) is 2. The quantitative estimate of drug-likeness (QED) is 0.739. The van der Waals surface area contributed by atoms with Gasteiger partial charge in [-0.25, -0.2) is 8.42 Å². The van der Waals surface area contributed by atoms with E-state index in [1.165, 1.54) is 15.6 Å². The topological polar surface area (TPSA) is 55.8 Å². The Hall–Kier alpha value is -1.09. The van der Waals surface area contributed by atoms with Gasteiger partial charge in [-0.1, -0.05) is 6.07 Å². The van der Waals surface area contributed by atoms with Crippen LogP contribution in [0.5, 0.6) is 11.5 Å². The molecule has 0 bridgehead atoms. The highest BCUT2D eigenvalue weighted by Crippen LogP contribution is 2.34. The number of rotatable bonds is 6. The van der Waals surface area contributed by atoms with Crippen molar-refractivity contribution in [2.75, 3.05) is 21.3 Å². The summed E-state index contributed by atoms with van der Waals surface area (Å²) >= 11 is 4.58. The molecule has 0 saturated heterocycles. The summed E-state index contributed by atoms with van der Waals surface area (Å²) in [6.07, 6.45) is 0. The van der Waals surface area contributed by atoms with Gasteiger partial charge in [-0.3, -0.25) is 0 Å². The molecule has 0 radical (unpaired) electrons. The van der Waals surface area contributed by atoms with Crippen molar-refractivity contribution in [2.24, 2.45) is 0 Å². The average Bonchev–Trinajstić information content (AvgIpc) is 3.03. The van der Waals surface area contributed by atoms with E-state index in [1.54, 1.807) is 50.9 Å². The predicted molar refractivity (Wildman–Crippen MR) is 90.2 cm³/mol. The first-order valence-corrected chi connectivity index (χ1v) is 9.41. The molecule has 1 aromatic heterocycles. The molecule has 8 heteroatoms. The van der Waals surface area contributed by atoms with E-state index < -0.39 is 10.0 Å². The maximum Gasteiger partial charge on any atom is 0.252 e. The zero-order chi connectivity index (χ0) is 16.3. The maximum atomic E-state index is 12.5. The van der Waals surface area contributed by atoms with Crippen molar-refractivity contribution >= 4 is 37.3 Å². The summed E-state index contributed by atoms with van der Waals surface area (Å²) in [5, 5.41) is 1.74. The molecule has 0 unspecified atom stereocenters. The highest BCUT2D eigenvalue weighted by Gasteiger charge is 2.23. The van der Waals surface area contributed by atoms with Crippen LogP contribution < -0.4 is 9.47 Å². The Bertz CT molecular complexity index is 744. The van der Waals surface area contributed by atoms with Crippen molar-refractivity contribution < 1.29 is 17.9 Å². The molecule has 2 rings (SSSR count). The second-order valence-electron chi connectivity index (χ2n) is 4.49. The minimum absolute atomic E-state index is 0.188. The third-order valence-electron chi connectivity index (χ3n) is 3.11. The van der Waals surface area contributed by atoms with Crippen molar-refractivity contribution in [3.8, 4) is 11.5 Å². The predicted octanol–water partition coefficient (Wildman–Crippen LogP) is 3.35. The normalized spacial score (nSPS) is 11.7. The van der Waals surface area contributed by atoms with Crippen LogP contribution in [0.25, 0.3) is 0 Å². The van der Waals surface area contributed by atoms with Crippen LogP contribution in [0.1, 0.15) is 5.56 Å². The van der Waals surface area contributed by atoms with E-state index in [4.69, 9.17) is 9.47 Å². The van der Waals surface area contributed by atoms with Crippen molar-refractivity contribution in [1.82, 2.24) is 4.31 Å². The van der Waals surface area contributed by atoms with Crippen LogP contribution in [0.15, 0.2) is 38.3 Å². The first-order valence-electron chi connectivity index (χ1n) is 6.30. The fraction of sp³-hybridized carbons (Fsp3) is 0.286. The van der Waals surface area contributed by atoms with Gasteiger partial charge in [0.1, 0.15) is 15.7 Å². The molecule has 2 aromatic rings. The van der Waals surface area contributed by atoms with E-state index in [9.17, 15) is 8.42 Å². The molecule has 0 aliphatic heterocycles. The zero-order valence-electron chi connectivity index (χ0n) is 12.4. The number of nitrogens with zero attached hydrogens (tertiary/aromatic N) is 1. The van der Waals surface area contributed by atoms with E-state index in [1.807, 2.05) is 0 Å². The van der Waals surface area contributed by atoms with Crippen LogP contribution in [-0.2, 0) is 16.6 Å². The fourth-order valence-electron chi connectivity index (χ4n) is 1.94. The van der Waals surface area contributed by atoms with Crippen LogP contribution in [0.2, 0.25) is 0 Å². The Balaban J connectivity index is 2.34. The van der Waals surface area contributed by atoms with Gasteiger partial charge in [0.15, 0.2) is 0 Å². The molecule has 0 saturated carbocycles. The van der Waals surface area contributed by atoms with Gasteiger partial charge in [-0.05, 0) is 39.5 Å². The second kappa shape index (κ2) is 6.99. The minimum atomic E-state index is -3.50. The van der Waals surface area contributed by atoms with E-state index in [-0.39, 0.29) is 6.54 Å². The van der Waals surface area contributed by atoms with Gasteiger partial charge >= 0.3 is 0 Å². The molecule has 0 aliphatic carbocycles. The first kappa shape index (κ1) is 17.3. The van der Waals surface area contributed by atoms with E-state index in [0.29, 0.717) is 15.7 Å². The van der Waals surface area contributed by atoms with Gasteiger partial charge < -0.3 is 9.47 Å². The largest absolute Gasteiger partial charge is 0.496 e. The zero-order valence-corrected chi connectivity index (χ0v) is 15.6. The lowest BCUT2D eigenvalue weighted by molar-refractivity contribution is 0.387. The standard InChI is InChI=1S/C14H16BrNO4S2/c1-16(22(17,18)14-5-4-6-21-14)9-10-7-13(20-3)11(15)8-12(10)19-2/h4-8H,9H2,1-3H3. The van der Waals surface area contributed by atoms with Gasteiger partial charge in [0, 0.05) is 19.2 Å². The highest BCUT2D eigenvalue weighted by molar-refractivity contribution is 9.10. The third-order valence-corrected chi connectivity index (χ3v) is 6.90. The molecule has 0 aliphatic rings. The Morgan fingerprint density at radius 2 is 1.91 bits per heavy atom. The summed E-state index contributed by atoms with van der Waals surface area (Å²) in [4.78, 5) is 0. The Kier molecular flexibility index (Phi) is 5.49. The van der Waals surface area contributed by atoms with Crippen molar-refractivity contribution in [2.45, 2.75) is 10.8 Å². The Morgan fingerprint density at radius 3 is 2.45 bits per heavy atom. The number of benzene rings is 1. The second-order valence-corrected chi connectivity index (χ2v) is 8.57. The summed E-state index contributed by atoms with van der Waals surface area (Å²) in [5.74, 6) is 1.22. The van der Waals surface area contributed by atoms with Gasteiger partial charge in [0.25, 0.3) is 10.0 Å². The minimum Gasteiger partial charge on any atom is -0.496 e. The summed E-state index contributed by atoms with van der Waals surface area (Å²) in [7, 11) is 1.15. The van der Waals surface area contributed by atoms with E-state index in [0.717, 1.165) is 10.0 Å². The van der Waals surface area contributed by atoms with E-state index >= 15 is 0 Å². The van der Waals surface area contributed by atoms with Crippen molar-refractivity contribution in [1.29, 1.82) is 0 Å². The molecular weight excluding hydrogens is 390 g/mol. The molecule has 120 valence electrons. The van der Waals surface area contributed by atoms with Gasteiger partial charge in [0.2, 0.25) is 0 Å². The number of thiophene rings is 1. The molecular formula is C14H16BrNO4S2. The average molecular weight is 406 g/mol. The van der Waals surface area contributed by atoms with Crippen molar-refractivity contribution in [3.05, 3.63) is 39.7 Å². The molecule has 0 amide bonds. The number of methoxy groups -OCH3 is 2. The summed E-state index contributed by atoms with van der Waals surface area (Å²) in [6.45, 7) is 0.188. The van der Waals surface area contributed by atoms with Crippen molar-refractivity contribution in [3.63, 3.8) is 0 Å². The maximum absolute atomic E-state index is 12.5. The molecule has 0 spiro atoms. The summed E-state index contributed by atoms with van der Waals surface area (Å²) in [5.41, 5.74) is 0.727. The SMILES string of the molecule is COc1cc(CN(C)S(=O)(=O)c2cccs2)c(OC)cc1Br. The summed E-state index contributed by atoms with van der Waals surface area (Å²) in [6, 6.07) is 6.84. The smallest absolute Gasteiger partial charge is 0.252 e. The van der Waals surface area contributed by atoms with Crippen LogP contribution in [0.4, 0.5) is 0 Å². The highest BCUT2D eigenvalue weighted by atomic mass is 79.9. The Labute approximate surface area is 142 Å². The number of hydrogen-bond acceptors (Lipinski definition) is 5. The van der Waals surface area contributed by atoms with Crippen LogP contribution in [0.3, 0.4) is 0 Å². The van der Waals surface area contributed by atoms with Crippen LogP contribution in [0, 0.1) is 0 Å². The fourth-order valence-corrected chi connectivity index (χ4v) is 4.77. The van der Waals surface area contributed by atoms with Gasteiger partial charge in [-0.15, -0.1) is 11.3 Å². The Morgan fingerprint density at radius 1 is 1.23 bits per heavy atom. The van der Waals surface area contributed by atoms with Gasteiger partial charge in [-0.2, -0.15) is 4.31 Å². The third kappa shape index (κ3) is 3.45. The summed E-state index contributed by atoms with van der Waals surface area (Å²) < 4.78 is 37.9. The first-order chi connectivity index (χ1) is 10.4. The van der Waals surface area contributed by atoms with Crippen LogP contribution in [-0.4, -0.2) is 34.0 Å². The van der Waals surface area contributed by atoms with Gasteiger partial charge in [0.05, 0.1) is 18.7 Å². The molecule has 22 heavy (non-hydrogen) atoms. The number of hydrogen-bond donors (Lipinski definition) is 0. The molecule has 1 aromatic carbocycles. The van der Waals surface area contributed by atoms with Crippen LogP contribution >= 0.6 is 27.3 Å².